The Morgan fingerprint density at radius 1 is 1.67 bits per heavy atom. The first-order valence-corrected chi connectivity index (χ1v) is 6.06. The fourth-order valence-corrected chi connectivity index (χ4v) is 2.18. The molecule has 1 N–H and O–H groups in total. The number of carbonyl (C=O) groups excluding carboxylic acids is 1. The number of ether oxygens (including phenoxy) is 1. The number of carbonyl (C=O) groups is 1. The normalized spacial score (nSPS) is 24.1. The third kappa shape index (κ3) is 2.52. The minimum Gasteiger partial charge on any atom is -0.394 e. The van der Waals surface area contributed by atoms with Crippen LogP contribution in [0.15, 0.2) is 12.3 Å². The van der Waals surface area contributed by atoms with E-state index in [1.807, 2.05) is 13.0 Å². The first kappa shape index (κ1) is 13.0. The van der Waals surface area contributed by atoms with E-state index in [0.29, 0.717) is 18.7 Å². The maximum atomic E-state index is 10.7. The molecule has 1 aliphatic heterocycles. The molecule has 1 aromatic rings. The lowest BCUT2D eigenvalue weighted by atomic mass is 10.1. The molecule has 1 fully saturated rings. The highest BCUT2D eigenvalue weighted by Gasteiger charge is 2.27. The van der Waals surface area contributed by atoms with Gasteiger partial charge in [-0.15, -0.1) is 0 Å². The van der Waals surface area contributed by atoms with E-state index in [9.17, 15) is 9.90 Å². The molecule has 2 unspecified atom stereocenters. The van der Waals surface area contributed by atoms with Gasteiger partial charge in [-0.25, -0.2) is 4.98 Å². The van der Waals surface area contributed by atoms with Crippen LogP contribution in [0.5, 0.6) is 0 Å². The number of hydrogen-bond acceptors (Lipinski definition) is 5. The number of anilines is 1. The molecule has 0 radical (unpaired) electrons. The molecule has 1 aliphatic rings. The van der Waals surface area contributed by atoms with Gasteiger partial charge in [0, 0.05) is 18.3 Å². The largest absolute Gasteiger partial charge is 0.394 e. The molecule has 1 saturated heterocycles. The van der Waals surface area contributed by atoms with Gasteiger partial charge in [0.05, 0.1) is 25.4 Å². The molecule has 2 rings (SSSR count). The zero-order valence-corrected chi connectivity index (χ0v) is 10.7. The Morgan fingerprint density at radius 2 is 2.44 bits per heavy atom. The van der Waals surface area contributed by atoms with Crippen LogP contribution in [0.4, 0.5) is 5.82 Å². The summed E-state index contributed by atoms with van der Waals surface area (Å²) in [5.74, 6) is 0.856. The summed E-state index contributed by atoms with van der Waals surface area (Å²) in [4.78, 5) is 17.2. The second-order valence-corrected chi connectivity index (χ2v) is 4.67. The fraction of sp³-hybridized carbons (Fsp3) is 0.538. The average molecular weight is 250 g/mol. The number of pyridine rings is 1. The van der Waals surface area contributed by atoms with E-state index in [2.05, 4.69) is 16.8 Å². The van der Waals surface area contributed by atoms with Gasteiger partial charge >= 0.3 is 0 Å². The lowest BCUT2D eigenvalue weighted by molar-refractivity contribution is -0.0106. The number of morpholine rings is 1. The quantitative estimate of drug-likeness (QED) is 0.804. The number of hydrogen-bond donors (Lipinski definition) is 1. The van der Waals surface area contributed by atoms with Crippen LogP contribution in [0.25, 0.3) is 0 Å². The molecular weight excluding hydrogens is 232 g/mol. The molecule has 2 atom stereocenters. The fourth-order valence-electron chi connectivity index (χ4n) is 2.18. The van der Waals surface area contributed by atoms with E-state index >= 15 is 0 Å². The number of aryl methyl sites for hydroxylation is 1. The van der Waals surface area contributed by atoms with Gasteiger partial charge in [-0.1, -0.05) is 0 Å². The van der Waals surface area contributed by atoms with Crippen molar-refractivity contribution in [3.05, 3.63) is 23.4 Å². The number of nitrogens with zero attached hydrogens (tertiary/aromatic N) is 2. The number of aliphatic hydroxyl groups is 1. The number of aliphatic hydroxyl groups excluding tert-OH is 1. The Bertz CT molecular complexity index is 436. The lowest BCUT2D eigenvalue weighted by Gasteiger charge is -2.38. The topological polar surface area (TPSA) is 62.7 Å². The Hall–Kier alpha value is -1.46. The summed E-state index contributed by atoms with van der Waals surface area (Å²) in [6.07, 6.45) is 2.20. The summed E-state index contributed by atoms with van der Waals surface area (Å²) in [7, 11) is 0. The molecule has 98 valence electrons. The van der Waals surface area contributed by atoms with Crippen LogP contribution in [0, 0.1) is 6.92 Å². The Kier molecular flexibility index (Phi) is 3.93. The smallest absolute Gasteiger partial charge is 0.151 e. The second-order valence-electron chi connectivity index (χ2n) is 4.67. The molecule has 18 heavy (non-hydrogen) atoms. The summed E-state index contributed by atoms with van der Waals surface area (Å²) >= 11 is 0. The zero-order chi connectivity index (χ0) is 13.1. The Morgan fingerprint density at radius 3 is 3.06 bits per heavy atom. The molecule has 5 heteroatoms. The van der Waals surface area contributed by atoms with E-state index in [4.69, 9.17) is 4.74 Å². The van der Waals surface area contributed by atoms with Gasteiger partial charge in [0.2, 0.25) is 0 Å². The highest BCUT2D eigenvalue weighted by molar-refractivity contribution is 5.75. The molecule has 0 aliphatic carbocycles. The molecule has 2 heterocycles. The van der Waals surface area contributed by atoms with Gasteiger partial charge in [0.25, 0.3) is 0 Å². The molecule has 1 aromatic heterocycles. The van der Waals surface area contributed by atoms with E-state index in [-0.39, 0.29) is 18.8 Å². The van der Waals surface area contributed by atoms with Crippen LogP contribution in [0.1, 0.15) is 22.8 Å². The molecule has 0 amide bonds. The van der Waals surface area contributed by atoms with Crippen molar-refractivity contribution in [1.82, 2.24) is 4.98 Å². The van der Waals surface area contributed by atoms with Crippen molar-refractivity contribution in [3.8, 4) is 0 Å². The van der Waals surface area contributed by atoms with Gasteiger partial charge < -0.3 is 14.7 Å². The summed E-state index contributed by atoms with van der Waals surface area (Å²) in [5.41, 5.74) is 1.54. The predicted molar refractivity (Wildman–Crippen MR) is 68.0 cm³/mol. The molecule has 0 aromatic carbocycles. The Labute approximate surface area is 106 Å². The van der Waals surface area contributed by atoms with Crippen molar-refractivity contribution in [2.75, 3.05) is 24.7 Å². The van der Waals surface area contributed by atoms with E-state index in [1.54, 1.807) is 6.20 Å². The Balaban J connectivity index is 2.26. The lowest BCUT2D eigenvalue weighted by Crippen LogP contribution is -2.50. The van der Waals surface area contributed by atoms with Crippen molar-refractivity contribution in [2.45, 2.75) is 26.0 Å². The highest BCUT2D eigenvalue weighted by Crippen LogP contribution is 2.23. The van der Waals surface area contributed by atoms with Crippen molar-refractivity contribution in [1.29, 1.82) is 0 Å². The number of aldehydes is 1. The van der Waals surface area contributed by atoms with Crippen LogP contribution in [0.3, 0.4) is 0 Å². The van der Waals surface area contributed by atoms with E-state index < -0.39 is 0 Å². The SMILES string of the molecule is Cc1cc(C=O)cnc1N1CC(CO)OCC1C. The first-order valence-electron chi connectivity index (χ1n) is 6.06. The van der Waals surface area contributed by atoms with Crippen LogP contribution in [-0.4, -0.2) is 48.3 Å². The van der Waals surface area contributed by atoms with E-state index in [1.165, 1.54) is 0 Å². The average Bonchev–Trinajstić information content (AvgIpc) is 2.39. The predicted octanol–water partition coefficient (Wildman–Crippen LogP) is 0.789. The number of aromatic nitrogens is 1. The van der Waals surface area contributed by atoms with E-state index in [0.717, 1.165) is 17.7 Å². The van der Waals surface area contributed by atoms with Gasteiger partial charge in [0.15, 0.2) is 6.29 Å². The van der Waals surface area contributed by atoms with Crippen molar-refractivity contribution >= 4 is 12.1 Å². The zero-order valence-electron chi connectivity index (χ0n) is 10.7. The third-order valence-electron chi connectivity index (χ3n) is 3.19. The summed E-state index contributed by atoms with van der Waals surface area (Å²) < 4.78 is 5.50. The van der Waals surface area contributed by atoms with Gasteiger partial charge in [-0.2, -0.15) is 0 Å². The van der Waals surface area contributed by atoms with Crippen molar-refractivity contribution in [2.24, 2.45) is 0 Å². The van der Waals surface area contributed by atoms with Crippen molar-refractivity contribution < 1.29 is 14.6 Å². The molecule has 0 saturated carbocycles. The maximum Gasteiger partial charge on any atom is 0.151 e. The van der Waals surface area contributed by atoms with Gasteiger partial charge in [-0.05, 0) is 25.5 Å². The second kappa shape index (κ2) is 5.46. The summed E-state index contributed by atoms with van der Waals surface area (Å²) in [5, 5.41) is 9.18. The minimum atomic E-state index is -0.173. The molecular formula is C13H18N2O3. The highest BCUT2D eigenvalue weighted by atomic mass is 16.5. The third-order valence-corrected chi connectivity index (χ3v) is 3.19. The molecule has 5 nitrogen and oxygen atoms in total. The first-order chi connectivity index (χ1) is 8.65. The maximum absolute atomic E-state index is 10.7. The van der Waals surface area contributed by atoms with Crippen LogP contribution >= 0.6 is 0 Å². The minimum absolute atomic E-state index is 0.00862. The van der Waals surface area contributed by atoms with Crippen molar-refractivity contribution in [3.63, 3.8) is 0 Å². The van der Waals surface area contributed by atoms with Crippen LogP contribution < -0.4 is 4.90 Å². The van der Waals surface area contributed by atoms with Crippen LogP contribution in [0.2, 0.25) is 0 Å². The number of rotatable bonds is 3. The van der Waals surface area contributed by atoms with Gasteiger partial charge in [0.1, 0.15) is 5.82 Å². The molecule has 0 bridgehead atoms. The summed E-state index contributed by atoms with van der Waals surface area (Å²) in [6.45, 7) is 5.19. The monoisotopic (exact) mass is 250 g/mol. The molecule has 0 spiro atoms. The van der Waals surface area contributed by atoms with Crippen LogP contribution in [-0.2, 0) is 4.74 Å². The van der Waals surface area contributed by atoms with Gasteiger partial charge in [-0.3, -0.25) is 4.79 Å². The standard InChI is InChI=1S/C13H18N2O3/c1-9-3-11(6-16)4-14-13(9)15-5-12(7-17)18-8-10(15)2/h3-4,6,10,12,17H,5,7-8H2,1-2H3. The summed E-state index contributed by atoms with van der Waals surface area (Å²) in [6, 6.07) is 2.03.